The average molecular weight is 405 g/mol. The Hall–Kier alpha value is -3.83. The fourth-order valence-electron chi connectivity index (χ4n) is 3.25. The van der Waals surface area contributed by atoms with Crippen LogP contribution in [0.4, 0.5) is 11.5 Å². The van der Waals surface area contributed by atoms with Crippen molar-refractivity contribution in [2.45, 2.75) is 13.1 Å². The van der Waals surface area contributed by atoms with Crippen molar-refractivity contribution in [1.82, 2.24) is 9.55 Å². The first-order chi connectivity index (χ1) is 14.5. The Labute approximate surface area is 173 Å². The Morgan fingerprint density at radius 2 is 1.83 bits per heavy atom. The van der Waals surface area contributed by atoms with Crippen LogP contribution in [0.25, 0.3) is 0 Å². The summed E-state index contributed by atoms with van der Waals surface area (Å²) in [4.78, 5) is 29.3. The van der Waals surface area contributed by atoms with Gasteiger partial charge in [-0.25, -0.2) is 4.79 Å². The molecule has 8 nitrogen and oxygen atoms in total. The highest BCUT2D eigenvalue weighted by Gasteiger charge is 2.20. The number of nitrogens with two attached hydrogens (primary N) is 1. The topological polar surface area (TPSA) is 117 Å². The van der Waals surface area contributed by atoms with Gasteiger partial charge in [-0.1, -0.05) is 48.5 Å². The van der Waals surface area contributed by atoms with Crippen LogP contribution in [-0.4, -0.2) is 29.8 Å². The lowest BCUT2D eigenvalue weighted by Crippen LogP contribution is -2.39. The number of ether oxygens (including phenoxy) is 1. The van der Waals surface area contributed by atoms with Crippen LogP contribution >= 0.6 is 0 Å². The number of nitriles is 1. The molecule has 0 atom stereocenters. The van der Waals surface area contributed by atoms with Crippen LogP contribution in [0.15, 0.2) is 64.2 Å². The molecular weight excluding hydrogens is 382 g/mol. The fourth-order valence-corrected chi connectivity index (χ4v) is 3.25. The van der Waals surface area contributed by atoms with Gasteiger partial charge in [0.25, 0.3) is 5.56 Å². The van der Waals surface area contributed by atoms with Gasteiger partial charge in [0.1, 0.15) is 11.5 Å². The molecule has 0 fully saturated rings. The molecule has 0 spiro atoms. The molecule has 154 valence electrons. The van der Waals surface area contributed by atoms with E-state index in [1.54, 1.807) is 24.1 Å². The van der Waals surface area contributed by atoms with E-state index in [1.807, 2.05) is 42.5 Å². The summed E-state index contributed by atoms with van der Waals surface area (Å²) < 4.78 is 6.52. The lowest BCUT2D eigenvalue weighted by molar-refractivity contribution is 0.205. The second kappa shape index (κ2) is 9.58. The van der Waals surface area contributed by atoms with Crippen LogP contribution in [0.1, 0.15) is 16.7 Å². The molecular formula is C22H23N5O3. The molecule has 1 aromatic heterocycles. The summed E-state index contributed by atoms with van der Waals surface area (Å²) in [6, 6.07) is 18.7. The molecule has 30 heavy (non-hydrogen) atoms. The molecule has 0 unspecified atom stereocenters. The Morgan fingerprint density at radius 1 is 1.13 bits per heavy atom. The van der Waals surface area contributed by atoms with Crippen molar-refractivity contribution in [1.29, 1.82) is 5.26 Å². The van der Waals surface area contributed by atoms with E-state index in [2.05, 4.69) is 11.1 Å². The number of nitrogens with one attached hydrogen (secondary N) is 1. The van der Waals surface area contributed by atoms with Gasteiger partial charge in [-0.05, 0) is 17.2 Å². The number of anilines is 2. The first kappa shape index (κ1) is 20.9. The van der Waals surface area contributed by atoms with Crippen LogP contribution in [0.2, 0.25) is 0 Å². The van der Waals surface area contributed by atoms with E-state index in [4.69, 9.17) is 10.5 Å². The standard InChI is InChI=1S/C22H23N5O3/c1-30-12-11-26(15-18-10-6-5-9-17(18)13-23)19-20(24)27(22(29)25-21(19)28)14-16-7-3-2-4-8-16/h2-10H,11-12,14-15,24H2,1H3,(H,25,28,29). The highest BCUT2D eigenvalue weighted by molar-refractivity contribution is 5.63. The molecule has 1 heterocycles. The number of nitrogen functional groups attached to an aromatic ring is 1. The molecule has 0 saturated carbocycles. The zero-order chi connectivity index (χ0) is 21.5. The number of methoxy groups -OCH3 is 1. The molecule has 0 amide bonds. The molecule has 0 aliphatic heterocycles. The van der Waals surface area contributed by atoms with E-state index in [0.717, 1.165) is 11.1 Å². The van der Waals surface area contributed by atoms with E-state index in [1.165, 1.54) is 4.57 Å². The van der Waals surface area contributed by atoms with Gasteiger partial charge in [0, 0.05) is 20.2 Å². The second-order valence-electron chi connectivity index (χ2n) is 6.75. The Balaban J connectivity index is 2.06. The van der Waals surface area contributed by atoms with E-state index in [-0.39, 0.29) is 24.6 Å². The van der Waals surface area contributed by atoms with E-state index in [0.29, 0.717) is 18.7 Å². The molecule has 3 rings (SSSR count). The molecule has 3 aromatic rings. The van der Waals surface area contributed by atoms with Crippen molar-refractivity contribution in [2.24, 2.45) is 0 Å². The zero-order valence-electron chi connectivity index (χ0n) is 16.7. The first-order valence-electron chi connectivity index (χ1n) is 9.43. The largest absolute Gasteiger partial charge is 0.383 e. The van der Waals surface area contributed by atoms with Crippen LogP contribution < -0.4 is 21.9 Å². The predicted octanol–water partition coefficient (Wildman–Crippen LogP) is 1.69. The predicted molar refractivity (Wildman–Crippen MR) is 115 cm³/mol. The van der Waals surface area contributed by atoms with Crippen molar-refractivity contribution in [3.63, 3.8) is 0 Å². The number of nitrogens with zero attached hydrogens (tertiary/aromatic N) is 3. The third-order valence-electron chi connectivity index (χ3n) is 4.78. The molecule has 0 bridgehead atoms. The summed E-state index contributed by atoms with van der Waals surface area (Å²) in [7, 11) is 1.56. The lowest BCUT2D eigenvalue weighted by Gasteiger charge is -2.26. The maximum atomic E-state index is 12.7. The maximum Gasteiger partial charge on any atom is 0.330 e. The highest BCUT2D eigenvalue weighted by Crippen LogP contribution is 2.21. The van der Waals surface area contributed by atoms with Gasteiger partial charge < -0.3 is 15.4 Å². The van der Waals surface area contributed by atoms with E-state index >= 15 is 0 Å². The normalized spacial score (nSPS) is 10.5. The average Bonchev–Trinajstić information content (AvgIpc) is 2.75. The summed E-state index contributed by atoms with van der Waals surface area (Å²) in [5, 5.41) is 9.40. The summed E-state index contributed by atoms with van der Waals surface area (Å²) in [5.74, 6) is 0.0677. The number of hydrogen-bond donors (Lipinski definition) is 2. The number of aromatic nitrogens is 2. The third kappa shape index (κ3) is 4.59. The molecule has 0 aliphatic rings. The summed E-state index contributed by atoms with van der Waals surface area (Å²) in [5.41, 5.74) is 7.48. The number of benzene rings is 2. The molecule has 2 aromatic carbocycles. The van der Waals surface area contributed by atoms with Gasteiger partial charge in [0.2, 0.25) is 0 Å². The van der Waals surface area contributed by atoms with Crippen LogP contribution in [-0.2, 0) is 17.8 Å². The van der Waals surface area contributed by atoms with Gasteiger partial charge in [-0.3, -0.25) is 14.3 Å². The van der Waals surface area contributed by atoms with Crippen LogP contribution in [0.3, 0.4) is 0 Å². The molecule has 0 aliphatic carbocycles. The van der Waals surface area contributed by atoms with Crippen LogP contribution in [0, 0.1) is 11.3 Å². The monoisotopic (exact) mass is 405 g/mol. The second-order valence-corrected chi connectivity index (χ2v) is 6.75. The molecule has 0 saturated heterocycles. The quantitative estimate of drug-likeness (QED) is 0.589. The fraction of sp³-hybridized carbons (Fsp3) is 0.227. The Kier molecular flexibility index (Phi) is 6.67. The number of hydrogen-bond acceptors (Lipinski definition) is 6. The van der Waals surface area contributed by atoms with Gasteiger partial charge in [-0.15, -0.1) is 0 Å². The van der Waals surface area contributed by atoms with Gasteiger partial charge in [-0.2, -0.15) is 5.26 Å². The third-order valence-corrected chi connectivity index (χ3v) is 4.78. The van der Waals surface area contributed by atoms with Crippen LogP contribution in [0.5, 0.6) is 0 Å². The maximum absolute atomic E-state index is 12.7. The zero-order valence-corrected chi connectivity index (χ0v) is 16.7. The van der Waals surface area contributed by atoms with E-state index in [9.17, 15) is 14.9 Å². The minimum absolute atomic E-state index is 0.0677. The summed E-state index contributed by atoms with van der Waals surface area (Å²) >= 11 is 0. The van der Waals surface area contributed by atoms with Crippen molar-refractivity contribution < 1.29 is 4.74 Å². The molecule has 8 heteroatoms. The van der Waals surface area contributed by atoms with Gasteiger partial charge in [0.05, 0.1) is 24.8 Å². The Morgan fingerprint density at radius 3 is 2.53 bits per heavy atom. The minimum Gasteiger partial charge on any atom is -0.383 e. The van der Waals surface area contributed by atoms with Gasteiger partial charge in [0.15, 0.2) is 0 Å². The SMILES string of the molecule is COCCN(Cc1ccccc1C#N)c1c(N)n(Cc2ccccc2)c(=O)[nH]c1=O. The first-order valence-corrected chi connectivity index (χ1v) is 9.43. The number of aromatic amines is 1. The smallest absolute Gasteiger partial charge is 0.330 e. The molecule has 0 radical (unpaired) electrons. The number of H-pyrrole nitrogens is 1. The van der Waals surface area contributed by atoms with Crippen molar-refractivity contribution in [2.75, 3.05) is 30.9 Å². The lowest BCUT2D eigenvalue weighted by atomic mass is 10.1. The summed E-state index contributed by atoms with van der Waals surface area (Å²) in [6.45, 7) is 1.19. The number of rotatable bonds is 8. The molecule has 3 N–H and O–H groups in total. The Bertz CT molecular complexity index is 1160. The highest BCUT2D eigenvalue weighted by atomic mass is 16.5. The minimum atomic E-state index is -0.577. The van der Waals surface area contributed by atoms with E-state index < -0.39 is 11.2 Å². The van der Waals surface area contributed by atoms with Crippen molar-refractivity contribution in [3.8, 4) is 6.07 Å². The van der Waals surface area contributed by atoms with Crippen molar-refractivity contribution in [3.05, 3.63) is 92.1 Å². The van der Waals surface area contributed by atoms with Gasteiger partial charge >= 0.3 is 5.69 Å². The van der Waals surface area contributed by atoms with Crippen molar-refractivity contribution >= 4 is 11.5 Å². The summed E-state index contributed by atoms with van der Waals surface area (Å²) in [6.07, 6.45) is 0.